The predicted octanol–water partition coefficient (Wildman–Crippen LogP) is 4.73. The highest BCUT2D eigenvalue weighted by Gasteiger charge is 2.38. The number of nitrogens with one attached hydrogen (secondary N) is 1. The Morgan fingerprint density at radius 3 is 2.79 bits per heavy atom. The summed E-state index contributed by atoms with van der Waals surface area (Å²) in [6.07, 6.45) is 6.25. The molecule has 5 aromatic rings. The number of carbonyl (C=O) groups excluding carboxylic acids is 1. The first kappa shape index (κ1) is 26.7. The van der Waals surface area contributed by atoms with Gasteiger partial charge in [-0.05, 0) is 57.5 Å². The number of fused-ring (bicyclic) bond motifs is 6. The Labute approximate surface area is 247 Å². The summed E-state index contributed by atoms with van der Waals surface area (Å²) in [4.78, 5) is 34.6. The largest absolute Gasteiger partial charge is 0.487 e. The van der Waals surface area contributed by atoms with Gasteiger partial charge in [0.05, 0.1) is 23.1 Å². The van der Waals surface area contributed by atoms with Crippen molar-refractivity contribution < 1.29 is 19.0 Å². The molecule has 1 amide bonds. The fraction of sp³-hybridized carbons (Fsp3) is 0.333. The van der Waals surface area contributed by atoms with Crippen molar-refractivity contribution in [3.05, 3.63) is 60.9 Å². The molecule has 7 rings (SSSR count). The fourth-order valence-corrected chi connectivity index (χ4v) is 5.36. The second-order valence-corrected chi connectivity index (χ2v) is 11.6. The molecule has 220 valence electrons. The van der Waals surface area contributed by atoms with Gasteiger partial charge in [-0.1, -0.05) is 0 Å². The first-order valence-corrected chi connectivity index (χ1v) is 14.1. The van der Waals surface area contributed by atoms with Crippen molar-refractivity contribution in [1.29, 1.82) is 0 Å². The van der Waals surface area contributed by atoms with Crippen LogP contribution in [0.25, 0.3) is 16.6 Å². The zero-order chi connectivity index (χ0) is 29.7. The topological polar surface area (TPSA) is 132 Å². The second-order valence-electron chi connectivity index (χ2n) is 11.6. The van der Waals surface area contributed by atoms with Gasteiger partial charge in [-0.15, -0.1) is 0 Å². The van der Waals surface area contributed by atoms with E-state index < -0.39 is 5.60 Å². The van der Waals surface area contributed by atoms with E-state index in [1.54, 1.807) is 15.6 Å². The molecule has 0 aliphatic carbocycles. The number of hydrogen-bond donors (Lipinski definition) is 1. The number of carbonyl (C=O) groups is 1. The van der Waals surface area contributed by atoms with Crippen LogP contribution in [0.15, 0.2) is 55.4 Å². The summed E-state index contributed by atoms with van der Waals surface area (Å²) >= 11 is 0. The Kier molecular flexibility index (Phi) is 6.37. The van der Waals surface area contributed by atoms with Gasteiger partial charge in [0.15, 0.2) is 17.2 Å². The van der Waals surface area contributed by atoms with Crippen molar-refractivity contribution >= 4 is 40.0 Å². The maximum absolute atomic E-state index is 12.7. The quantitative estimate of drug-likeness (QED) is 0.316. The van der Waals surface area contributed by atoms with E-state index in [1.165, 1.54) is 12.7 Å². The highest BCUT2D eigenvalue weighted by molar-refractivity contribution is 5.98. The fourth-order valence-electron chi connectivity index (χ4n) is 5.36. The first-order chi connectivity index (χ1) is 20.7. The molecule has 0 radical (unpaired) electrons. The van der Waals surface area contributed by atoms with Crippen LogP contribution in [0.5, 0.6) is 17.2 Å². The SMILES string of the molecule is Cc1cc(Nc2ncnc3cnc4c(c23)OCC2CN(C(=O)OC(C)(C)C)CCN42)ccc1Oc1ccn2ncnc2c1. The minimum Gasteiger partial charge on any atom is -0.487 e. The maximum Gasteiger partial charge on any atom is 0.410 e. The third kappa shape index (κ3) is 5.17. The number of aryl methyl sites for hydroxylation is 1. The van der Waals surface area contributed by atoms with Crippen LogP contribution < -0.4 is 19.7 Å². The first-order valence-electron chi connectivity index (χ1n) is 14.1. The minimum absolute atomic E-state index is 0.0413. The number of nitrogens with zero attached hydrogens (tertiary/aromatic N) is 8. The molecule has 13 heteroatoms. The molecule has 43 heavy (non-hydrogen) atoms. The molecule has 0 spiro atoms. The molecule has 1 fully saturated rings. The standard InChI is InChI=1S/C30H31N9O4/c1-18-11-19(5-6-23(18)42-21-7-8-39-24(12-21)33-17-35-39)36-27-25-22(32-16-34-27)13-31-28-26(25)41-15-20-14-37(9-10-38(20)28)29(40)43-30(2,3)4/h5-8,11-13,16-17,20H,9-10,14-15H2,1-4H3,(H,32,34,36). The van der Waals surface area contributed by atoms with Crippen LogP contribution in [-0.2, 0) is 4.74 Å². The van der Waals surface area contributed by atoms with Crippen LogP contribution in [0.2, 0.25) is 0 Å². The molecule has 6 heterocycles. The maximum atomic E-state index is 12.7. The number of anilines is 3. The van der Waals surface area contributed by atoms with Gasteiger partial charge in [-0.25, -0.2) is 29.2 Å². The van der Waals surface area contributed by atoms with Crippen molar-refractivity contribution in [2.45, 2.75) is 39.3 Å². The van der Waals surface area contributed by atoms with E-state index in [-0.39, 0.29) is 12.1 Å². The van der Waals surface area contributed by atoms with E-state index >= 15 is 0 Å². The average molecular weight is 582 g/mol. The number of piperazine rings is 1. The molecular weight excluding hydrogens is 550 g/mol. The molecule has 1 aromatic carbocycles. The highest BCUT2D eigenvalue weighted by atomic mass is 16.6. The van der Waals surface area contributed by atoms with Crippen LogP contribution in [0, 0.1) is 6.92 Å². The van der Waals surface area contributed by atoms with Crippen LogP contribution in [0.1, 0.15) is 26.3 Å². The van der Waals surface area contributed by atoms with Gasteiger partial charge in [-0.2, -0.15) is 5.10 Å². The lowest BCUT2D eigenvalue weighted by Gasteiger charge is -2.44. The molecule has 1 saturated heterocycles. The van der Waals surface area contributed by atoms with Gasteiger partial charge in [0.25, 0.3) is 0 Å². The minimum atomic E-state index is -0.548. The van der Waals surface area contributed by atoms with E-state index in [1.807, 2.05) is 64.2 Å². The van der Waals surface area contributed by atoms with E-state index in [2.05, 4.69) is 30.3 Å². The van der Waals surface area contributed by atoms with Crippen molar-refractivity contribution in [2.75, 3.05) is 36.5 Å². The summed E-state index contributed by atoms with van der Waals surface area (Å²) in [5.41, 5.74) is 2.61. The molecule has 0 bridgehead atoms. The molecule has 0 saturated carbocycles. The number of amides is 1. The molecule has 13 nitrogen and oxygen atoms in total. The van der Waals surface area contributed by atoms with Gasteiger partial charge in [-0.3, -0.25) is 0 Å². The summed E-state index contributed by atoms with van der Waals surface area (Å²) in [7, 11) is 0. The number of ether oxygens (including phenoxy) is 3. The monoisotopic (exact) mass is 581 g/mol. The number of aromatic nitrogens is 6. The molecule has 4 aromatic heterocycles. The number of benzene rings is 1. The van der Waals surface area contributed by atoms with Crippen LogP contribution >= 0.6 is 0 Å². The summed E-state index contributed by atoms with van der Waals surface area (Å²) in [5, 5.41) is 8.31. The summed E-state index contributed by atoms with van der Waals surface area (Å²) < 4.78 is 19.7. The second kappa shape index (κ2) is 10.3. The number of rotatable bonds is 4. The average Bonchev–Trinajstić information content (AvgIpc) is 3.45. The number of pyridine rings is 2. The zero-order valence-electron chi connectivity index (χ0n) is 24.3. The normalized spacial score (nSPS) is 16.4. The van der Waals surface area contributed by atoms with E-state index in [9.17, 15) is 4.79 Å². The van der Waals surface area contributed by atoms with Crippen LogP contribution in [-0.4, -0.2) is 78.4 Å². The molecule has 1 unspecified atom stereocenters. The Morgan fingerprint density at radius 2 is 1.95 bits per heavy atom. The number of hydrogen-bond acceptors (Lipinski definition) is 11. The Hall–Kier alpha value is -5.20. The molecule has 1 N–H and O–H groups in total. The van der Waals surface area contributed by atoms with Gasteiger partial charge in [0.1, 0.15) is 42.2 Å². The van der Waals surface area contributed by atoms with Gasteiger partial charge in [0, 0.05) is 37.6 Å². The predicted molar refractivity (Wildman–Crippen MR) is 159 cm³/mol. The van der Waals surface area contributed by atoms with Crippen molar-refractivity contribution in [1.82, 2.24) is 34.4 Å². The lowest BCUT2D eigenvalue weighted by molar-refractivity contribution is 0.0194. The molecule has 2 aliphatic heterocycles. The van der Waals surface area contributed by atoms with Crippen molar-refractivity contribution in [3.63, 3.8) is 0 Å². The van der Waals surface area contributed by atoms with Crippen LogP contribution in [0.3, 0.4) is 0 Å². The lowest BCUT2D eigenvalue weighted by Crippen LogP contribution is -2.59. The zero-order valence-corrected chi connectivity index (χ0v) is 24.3. The Morgan fingerprint density at radius 1 is 1.07 bits per heavy atom. The van der Waals surface area contributed by atoms with Crippen molar-refractivity contribution in [3.8, 4) is 17.2 Å². The molecule has 2 aliphatic rings. The Bertz CT molecular complexity index is 1850. The molecule has 1 atom stereocenters. The summed E-state index contributed by atoms with van der Waals surface area (Å²) in [5.74, 6) is 3.36. The van der Waals surface area contributed by atoms with E-state index in [0.717, 1.165) is 28.2 Å². The third-order valence-corrected chi connectivity index (χ3v) is 7.36. The highest BCUT2D eigenvalue weighted by Crippen LogP contribution is 2.42. The van der Waals surface area contributed by atoms with Crippen molar-refractivity contribution in [2.24, 2.45) is 0 Å². The third-order valence-electron chi connectivity index (χ3n) is 7.36. The van der Waals surface area contributed by atoms with E-state index in [4.69, 9.17) is 19.2 Å². The smallest absolute Gasteiger partial charge is 0.410 e. The molecular formula is C30H31N9O4. The lowest BCUT2D eigenvalue weighted by atomic mass is 10.1. The Balaban J connectivity index is 1.12. The summed E-state index contributed by atoms with van der Waals surface area (Å²) in [6.45, 7) is 9.62. The van der Waals surface area contributed by atoms with Gasteiger partial charge in [0.2, 0.25) is 0 Å². The van der Waals surface area contributed by atoms with Gasteiger partial charge >= 0.3 is 6.09 Å². The summed E-state index contributed by atoms with van der Waals surface area (Å²) in [6, 6.07) is 9.49. The van der Waals surface area contributed by atoms with Crippen LogP contribution in [0.4, 0.5) is 22.1 Å². The van der Waals surface area contributed by atoms with Gasteiger partial charge < -0.3 is 29.3 Å². The van der Waals surface area contributed by atoms with E-state index in [0.29, 0.717) is 54.7 Å².